The highest BCUT2D eigenvalue weighted by atomic mass is 19.1. The quantitative estimate of drug-likeness (QED) is 0.815. The molecule has 1 aliphatic rings. The van der Waals surface area contributed by atoms with Crippen LogP contribution in [0.15, 0.2) is 34.9 Å². The molecule has 0 saturated carbocycles. The molecule has 8 heteroatoms. The number of carbonyl (C=O) groups is 2. The maximum Gasteiger partial charge on any atom is 0.311 e. The standard InChI is InChI=1S/C18H19FN2O5/c19-13-3-1-12(2-4-13)16-21-14(10-26-16)9-15(22)20-11-18(17(23)24)5-7-25-8-6-18/h1-4,10H,5-9,11H2,(H,20,22)(H,23,24). The van der Waals surface area contributed by atoms with Gasteiger partial charge in [-0.3, -0.25) is 9.59 Å². The van der Waals surface area contributed by atoms with Gasteiger partial charge in [0.2, 0.25) is 11.8 Å². The molecule has 0 aliphatic carbocycles. The topological polar surface area (TPSA) is 102 Å². The second-order valence-corrected chi connectivity index (χ2v) is 6.30. The Labute approximate surface area is 149 Å². The van der Waals surface area contributed by atoms with Gasteiger partial charge in [-0.1, -0.05) is 0 Å². The monoisotopic (exact) mass is 362 g/mol. The van der Waals surface area contributed by atoms with Crippen molar-refractivity contribution in [3.05, 3.63) is 42.0 Å². The first kappa shape index (κ1) is 18.1. The fourth-order valence-electron chi connectivity index (χ4n) is 2.84. The summed E-state index contributed by atoms with van der Waals surface area (Å²) in [5, 5.41) is 12.2. The van der Waals surface area contributed by atoms with Crippen LogP contribution >= 0.6 is 0 Å². The highest BCUT2D eigenvalue weighted by Gasteiger charge is 2.40. The zero-order valence-electron chi connectivity index (χ0n) is 14.0. The normalized spacial score (nSPS) is 16.2. The average molecular weight is 362 g/mol. The first-order chi connectivity index (χ1) is 12.5. The SMILES string of the molecule is O=C(Cc1coc(-c2ccc(F)cc2)n1)NCC1(C(=O)O)CCOCC1. The Kier molecular flexibility index (Phi) is 5.32. The number of aliphatic carboxylic acids is 1. The maximum absolute atomic E-state index is 13.0. The minimum absolute atomic E-state index is 0.0309. The third-order valence-corrected chi connectivity index (χ3v) is 4.51. The summed E-state index contributed by atoms with van der Waals surface area (Å²) in [4.78, 5) is 27.9. The molecule has 1 fully saturated rings. The number of carboxylic acids is 1. The summed E-state index contributed by atoms with van der Waals surface area (Å²) in [6, 6.07) is 5.66. The number of carbonyl (C=O) groups excluding carboxylic acids is 1. The summed E-state index contributed by atoms with van der Waals surface area (Å²) in [5.41, 5.74) is 0.0278. The number of rotatable bonds is 6. The molecule has 138 valence electrons. The number of amides is 1. The number of oxazole rings is 1. The number of nitrogens with one attached hydrogen (secondary N) is 1. The van der Waals surface area contributed by atoms with E-state index in [9.17, 15) is 19.1 Å². The molecule has 1 amide bonds. The molecule has 0 bridgehead atoms. The number of benzene rings is 1. The van der Waals surface area contributed by atoms with Crippen molar-refractivity contribution in [2.75, 3.05) is 19.8 Å². The van der Waals surface area contributed by atoms with Crippen molar-refractivity contribution in [3.8, 4) is 11.5 Å². The molecule has 26 heavy (non-hydrogen) atoms. The van der Waals surface area contributed by atoms with Crippen molar-refractivity contribution in [1.29, 1.82) is 0 Å². The Balaban J connectivity index is 1.58. The van der Waals surface area contributed by atoms with E-state index in [-0.39, 0.29) is 24.7 Å². The molecular weight excluding hydrogens is 343 g/mol. The Bertz CT molecular complexity index is 781. The Morgan fingerprint density at radius 2 is 1.92 bits per heavy atom. The summed E-state index contributed by atoms with van der Waals surface area (Å²) < 4.78 is 23.5. The molecule has 0 radical (unpaired) electrons. The largest absolute Gasteiger partial charge is 0.481 e. The van der Waals surface area contributed by atoms with E-state index in [1.54, 1.807) is 0 Å². The highest BCUT2D eigenvalue weighted by Crippen LogP contribution is 2.30. The molecule has 0 spiro atoms. The zero-order chi connectivity index (χ0) is 18.6. The third-order valence-electron chi connectivity index (χ3n) is 4.51. The lowest BCUT2D eigenvalue weighted by Gasteiger charge is -2.33. The molecular formula is C18H19FN2O5. The number of nitrogens with zero attached hydrogens (tertiary/aromatic N) is 1. The van der Waals surface area contributed by atoms with Crippen LogP contribution in [-0.2, 0) is 20.7 Å². The van der Waals surface area contributed by atoms with Gasteiger partial charge in [-0.05, 0) is 37.1 Å². The molecule has 1 aromatic heterocycles. The number of hydrogen-bond donors (Lipinski definition) is 2. The lowest BCUT2D eigenvalue weighted by molar-refractivity contribution is -0.154. The van der Waals surface area contributed by atoms with Crippen LogP contribution in [0.4, 0.5) is 4.39 Å². The number of halogens is 1. The van der Waals surface area contributed by atoms with E-state index < -0.39 is 11.4 Å². The lowest BCUT2D eigenvalue weighted by atomic mass is 9.80. The number of carboxylic acid groups (broad SMARTS) is 1. The van der Waals surface area contributed by atoms with E-state index in [2.05, 4.69) is 10.3 Å². The molecule has 2 N–H and O–H groups in total. The predicted octanol–water partition coefficient (Wildman–Crippen LogP) is 2.02. The minimum atomic E-state index is -0.989. The maximum atomic E-state index is 13.0. The fourth-order valence-corrected chi connectivity index (χ4v) is 2.84. The van der Waals surface area contributed by atoms with Crippen LogP contribution in [0.5, 0.6) is 0 Å². The summed E-state index contributed by atoms with van der Waals surface area (Å²) >= 11 is 0. The van der Waals surface area contributed by atoms with Gasteiger partial charge in [0.15, 0.2) is 0 Å². The highest BCUT2D eigenvalue weighted by molar-refractivity contribution is 5.80. The smallest absolute Gasteiger partial charge is 0.311 e. The summed E-state index contributed by atoms with van der Waals surface area (Å²) in [6.07, 6.45) is 2.05. The van der Waals surface area contributed by atoms with E-state index >= 15 is 0 Å². The van der Waals surface area contributed by atoms with Crippen LogP contribution in [0, 0.1) is 11.2 Å². The van der Waals surface area contributed by atoms with Gasteiger partial charge in [0.25, 0.3) is 0 Å². The second kappa shape index (κ2) is 7.65. The lowest BCUT2D eigenvalue weighted by Crippen LogP contribution is -2.46. The van der Waals surface area contributed by atoms with Crippen LogP contribution in [0.1, 0.15) is 18.5 Å². The molecule has 0 atom stereocenters. The first-order valence-corrected chi connectivity index (χ1v) is 8.27. The van der Waals surface area contributed by atoms with Crippen molar-refractivity contribution in [2.24, 2.45) is 5.41 Å². The fraction of sp³-hybridized carbons (Fsp3) is 0.389. The zero-order valence-corrected chi connectivity index (χ0v) is 14.0. The predicted molar refractivity (Wildman–Crippen MR) is 88.7 cm³/mol. The summed E-state index contributed by atoms with van der Waals surface area (Å²) in [5.74, 6) is -1.34. The van der Waals surface area contributed by atoms with E-state index in [4.69, 9.17) is 9.15 Å². The van der Waals surface area contributed by atoms with Gasteiger partial charge in [0.05, 0.1) is 17.5 Å². The van der Waals surface area contributed by atoms with Crippen molar-refractivity contribution in [1.82, 2.24) is 10.3 Å². The van der Waals surface area contributed by atoms with Crippen molar-refractivity contribution < 1.29 is 28.2 Å². The Morgan fingerprint density at radius 3 is 2.58 bits per heavy atom. The molecule has 3 rings (SSSR count). The van der Waals surface area contributed by atoms with E-state index in [1.807, 2.05) is 0 Å². The van der Waals surface area contributed by atoms with E-state index in [0.717, 1.165) is 0 Å². The van der Waals surface area contributed by atoms with Crippen LogP contribution in [-0.4, -0.2) is 41.7 Å². The Morgan fingerprint density at radius 1 is 1.23 bits per heavy atom. The number of aromatic nitrogens is 1. The third kappa shape index (κ3) is 4.08. The van der Waals surface area contributed by atoms with Gasteiger partial charge in [0.1, 0.15) is 12.1 Å². The van der Waals surface area contributed by atoms with Crippen LogP contribution in [0.25, 0.3) is 11.5 Å². The number of ether oxygens (including phenoxy) is 1. The van der Waals surface area contributed by atoms with Gasteiger partial charge in [-0.15, -0.1) is 0 Å². The molecule has 7 nitrogen and oxygen atoms in total. The average Bonchev–Trinajstić information content (AvgIpc) is 3.09. The van der Waals surface area contributed by atoms with Gasteiger partial charge in [0, 0.05) is 25.3 Å². The Hall–Kier alpha value is -2.74. The van der Waals surface area contributed by atoms with Gasteiger partial charge >= 0.3 is 5.97 Å². The molecule has 1 aliphatic heterocycles. The molecule has 2 aromatic rings. The molecule has 1 aromatic carbocycles. The van der Waals surface area contributed by atoms with Crippen LogP contribution in [0.2, 0.25) is 0 Å². The summed E-state index contributed by atoms with van der Waals surface area (Å²) in [6.45, 7) is 0.784. The summed E-state index contributed by atoms with van der Waals surface area (Å²) in [7, 11) is 0. The molecule has 1 saturated heterocycles. The van der Waals surface area contributed by atoms with Crippen molar-refractivity contribution in [2.45, 2.75) is 19.3 Å². The van der Waals surface area contributed by atoms with Crippen molar-refractivity contribution in [3.63, 3.8) is 0 Å². The first-order valence-electron chi connectivity index (χ1n) is 8.27. The second-order valence-electron chi connectivity index (χ2n) is 6.30. The van der Waals surface area contributed by atoms with Gasteiger partial charge in [-0.25, -0.2) is 9.37 Å². The van der Waals surface area contributed by atoms with E-state index in [1.165, 1.54) is 30.5 Å². The van der Waals surface area contributed by atoms with Crippen LogP contribution < -0.4 is 5.32 Å². The van der Waals surface area contributed by atoms with Gasteiger partial charge in [-0.2, -0.15) is 0 Å². The van der Waals surface area contributed by atoms with Gasteiger partial charge < -0.3 is 19.6 Å². The van der Waals surface area contributed by atoms with Crippen molar-refractivity contribution >= 4 is 11.9 Å². The molecule has 2 heterocycles. The minimum Gasteiger partial charge on any atom is -0.481 e. The molecule has 0 unspecified atom stereocenters. The van der Waals surface area contributed by atoms with Crippen LogP contribution in [0.3, 0.4) is 0 Å². The number of hydrogen-bond acceptors (Lipinski definition) is 5. The van der Waals surface area contributed by atoms with E-state index in [0.29, 0.717) is 43.2 Å².